The highest BCUT2D eigenvalue weighted by Crippen LogP contribution is 2.29. The number of benzene rings is 2. The van der Waals surface area contributed by atoms with Gasteiger partial charge >= 0.3 is 0 Å². The van der Waals surface area contributed by atoms with E-state index >= 15 is 0 Å². The van der Waals surface area contributed by atoms with Gasteiger partial charge in [-0.1, -0.05) is 52.9 Å². The molecule has 4 heterocycles. The molecule has 0 atom stereocenters. The van der Waals surface area contributed by atoms with Crippen molar-refractivity contribution in [3.05, 3.63) is 87.4 Å². The Morgan fingerprint density at radius 1 is 1.03 bits per heavy atom. The average molecular weight is 412 g/mol. The van der Waals surface area contributed by atoms with Gasteiger partial charge in [-0.15, -0.1) is 5.10 Å². The van der Waals surface area contributed by atoms with Crippen molar-refractivity contribution < 1.29 is 8.94 Å². The van der Waals surface area contributed by atoms with Crippen LogP contribution in [0.3, 0.4) is 0 Å². The van der Waals surface area contributed by atoms with Gasteiger partial charge in [0.15, 0.2) is 11.5 Å². The third-order valence-corrected chi connectivity index (χ3v) is 5.72. The van der Waals surface area contributed by atoms with E-state index in [9.17, 15) is 4.79 Å². The zero-order valence-electron chi connectivity index (χ0n) is 15.4. The van der Waals surface area contributed by atoms with E-state index in [1.54, 1.807) is 18.4 Å². The molecule has 0 aliphatic heterocycles. The predicted molar refractivity (Wildman–Crippen MR) is 113 cm³/mol. The predicted octanol–water partition coefficient (Wildman–Crippen LogP) is 3.77. The van der Waals surface area contributed by atoms with Gasteiger partial charge in [-0.2, -0.15) is 9.50 Å². The second kappa shape index (κ2) is 6.50. The van der Waals surface area contributed by atoms with Gasteiger partial charge in [0.2, 0.25) is 10.8 Å². The Labute approximate surface area is 172 Å². The van der Waals surface area contributed by atoms with Crippen molar-refractivity contribution in [3.63, 3.8) is 0 Å². The molecule has 0 saturated heterocycles. The number of furan rings is 1. The van der Waals surface area contributed by atoms with Crippen molar-refractivity contribution in [2.75, 3.05) is 0 Å². The number of nitrogens with zero attached hydrogens (tertiary/aromatic N) is 4. The van der Waals surface area contributed by atoms with Gasteiger partial charge in [-0.05, 0) is 35.9 Å². The van der Waals surface area contributed by atoms with Crippen molar-refractivity contribution >= 4 is 33.3 Å². The summed E-state index contributed by atoms with van der Waals surface area (Å²) >= 11 is 1.29. The molecule has 6 aromatic rings. The number of thiazole rings is 1. The fraction of sp³-hybridized carbons (Fsp3) is 0. The van der Waals surface area contributed by atoms with Crippen LogP contribution in [-0.2, 0) is 0 Å². The highest BCUT2D eigenvalue weighted by Gasteiger charge is 2.14. The molecule has 8 heteroatoms. The van der Waals surface area contributed by atoms with E-state index in [0.717, 1.165) is 22.0 Å². The van der Waals surface area contributed by atoms with Crippen LogP contribution in [0.2, 0.25) is 0 Å². The first-order chi connectivity index (χ1) is 14.8. The fourth-order valence-electron chi connectivity index (χ4n) is 3.34. The molecule has 0 fully saturated rings. The van der Waals surface area contributed by atoms with Crippen molar-refractivity contribution in [3.8, 4) is 22.9 Å². The largest absolute Gasteiger partial charge is 0.461 e. The number of fused-ring (bicyclic) bond motifs is 2. The minimum atomic E-state index is -0.214. The maximum Gasteiger partial charge on any atom is 0.291 e. The quantitative estimate of drug-likeness (QED) is 0.440. The van der Waals surface area contributed by atoms with Gasteiger partial charge in [0.1, 0.15) is 5.52 Å². The molecule has 0 spiro atoms. The Bertz CT molecular complexity index is 1610. The van der Waals surface area contributed by atoms with Crippen LogP contribution < -0.4 is 10.1 Å². The molecule has 0 saturated carbocycles. The van der Waals surface area contributed by atoms with E-state index in [1.807, 2.05) is 54.6 Å². The van der Waals surface area contributed by atoms with Gasteiger partial charge in [0.05, 0.1) is 16.2 Å². The van der Waals surface area contributed by atoms with Crippen LogP contribution in [0.25, 0.3) is 44.8 Å². The average Bonchev–Trinajstić information content (AvgIpc) is 3.54. The Kier molecular flexibility index (Phi) is 3.65. The van der Waals surface area contributed by atoms with E-state index in [-0.39, 0.29) is 5.56 Å². The van der Waals surface area contributed by atoms with Gasteiger partial charge < -0.3 is 8.94 Å². The molecule has 0 amide bonds. The summed E-state index contributed by atoms with van der Waals surface area (Å²) in [6, 6.07) is 19.1. The molecule has 0 radical (unpaired) electrons. The third kappa shape index (κ3) is 2.66. The molecule has 0 unspecified atom stereocenters. The van der Waals surface area contributed by atoms with E-state index in [1.165, 1.54) is 15.9 Å². The molecule has 6 rings (SSSR count). The summed E-state index contributed by atoms with van der Waals surface area (Å²) in [5, 5.41) is 9.31. The lowest BCUT2D eigenvalue weighted by atomic mass is 10.1. The first kappa shape index (κ1) is 16.9. The van der Waals surface area contributed by atoms with Crippen molar-refractivity contribution in [2.45, 2.75) is 0 Å². The van der Waals surface area contributed by atoms with Crippen LogP contribution in [-0.4, -0.2) is 19.8 Å². The standard InChI is InChI=1S/C22H12N4O3S/c27-21-18(30-22-23-20(24-26(21)22)17-7-4-10-28-17)12-13-8-9-16-15(11-13)19(29-25-16)14-5-2-1-3-6-14/h1-12H. The highest BCUT2D eigenvalue weighted by atomic mass is 32.1. The second-order valence-corrected chi connectivity index (χ2v) is 7.69. The summed E-state index contributed by atoms with van der Waals surface area (Å²) in [5.41, 5.74) is 2.37. The van der Waals surface area contributed by atoms with Crippen LogP contribution in [0.1, 0.15) is 5.56 Å². The first-order valence-electron chi connectivity index (χ1n) is 9.16. The normalized spacial score (nSPS) is 12.3. The number of hydrogen-bond donors (Lipinski definition) is 0. The Hall–Kier alpha value is -4.04. The van der Waals surface area contributed by atoms with E-state index in [4.69, 9.17) is 8.94 Å². The highest BCUT2D eigenvalue weighted by molar-refractivity contribution is 7.15. The summed E-state index contributed by atoms with van der Waals surface area (Å²) in [6.45, 7) is 0. The van der Waals surface area contributed by atoms with Crippen LogP contribution >= 0.6 is 11.3 Å². The van der Waals surface area contributed by atoms with Gasteiger partial charge in [-0.25, -0.2) is 0 Å². The maximum atomic E-state index is 12.8. The summed E-state index contributed by atoms with van der Waals surface area (Å²) in [5.74, 6) is 1.63. The lowest BCUT2D eigenvalue weighted by Gasteiger charge is -1.97. The molecule has 4 aromatic heterocycles. The minimum absolute atomic E-state index is 0.214. The molecule has 7 nitrogen and oxygen atoms in total. The molecule has 0 bridgehead atoms. The zero-order chi connectivity index (χ0) is 20.1. The summed E-state index contributed by atoms with van der Waals surface area (Å²) in [7, 11) is 0. The lowest BCUT2D eigenvalue weighted by molar-refractivity contribution is 0.441. The fourth-order valence-corrected chi connectivity index (χ4v) is 4.25. The summed E-state index contributed by atoms with van der Waals surface area (Å²) < 4.78 is 12.7. The Balaban J connectivity index is 1.46. The van der Waals surface area contributed by atoms with Crippen molar-refractivity contribution in [1.82, 2.24) is 19.8 Å². The van der Waals surface area contributed by atoms with Gasteiger partial charge in [-0.3, -0.25) is 4.79 Å². The summed E-state index contributed by atoms with van der Waals surface area (Å²) in [6.07, 6.45) is 3.38. The molecule has 144 valence electrons. The smallest absolute Gasteiger partial charge is 0.291 e. The van der Waals surface area contributed by atoms with E-state index in [0.29, 0.717) is 26.8 Å². The van der Waals surface area contributed by atoms with Crippen molar-refractivity contribution in [2.24, 2.45) is 0 Å². The Morgan fingerprint density at radius 3 is 2.73 bits per heavy atom. The maximum absolute atomic E-state index is 12.8. The molecule has 30 heavy (non-hydrogen) atoms. The number of hydrogen-bond acceptors (Lipinski definition) is 7. The Morgan fingerprint density at radius 2 is 1.93 bits per heavy atom. The zero-order valence-corrected chi connectivity index (χ0v) is 16.2. The molecular formula is C22H12N4O3S. The van der Waals surface area contributed by atoms with E-state index in [2.05, 4.69) is 15.2 Å². The summed E-state index contributed by atoms with van der Waals surface area (Å²) in [4.78, 5) is 17.7. The number of rotatable bonds is 3. The van der Waals surface area contributed by atoms with Crippen LogP contribution in [0.4, 0.5) is 0 Å². The first-order valence-corrected chi connectivity index (χ1v) is 9.98. The number of aromatic nitrogens is 4. The second-order valence-electron chi connectivity index (χ2n) is 6.68. The van der Waals surface area contributed by atoms with Gasteiger partial charge in [0.25, 0.3) is 5.56 Å². The SMILES string of the molecule is O=c1c(=Cc2ccc3noc(-c4ccccc4)c3c2)sc2nc(-c3ccco3)nn12. The van der Waals surface area contributed by atoms with Crippen molar-refractivity contribution in [1.29, 1.82) is 0 Å². The molecule has 2 aromatic carbocycles. The minimum Gasteiger partial charge on any atom is -0.461 e. The van der Waals surface area contributed by atoms with Gasteiger partial charge in [0, 0.05) is 5.56 Å². The topological polar surface area (TPSA) is 86.4 Å². The monoisotopic (exact) mass is 412 g/mol. The molecule has 0 aliphatic carbocycles. The van der Waals surface area contributed by atoms with Crippen LogP contribution in [0, 0.1) is 0 Å². The molecule has 0 aliphatic rings. The lowest BCUT2D eigenvalue weighted by Crippen LogP contribution is -2.23. The molecular weight excluding hydrogens is 400 g/mol. The van der Waals surface area contributed by atoms with Crippen LogP contribution in [0.5, 0.6) is 0 Å². The molecule has 0 N–H and O–H groups in total. The van der Waals surface area contributed by atoms with Crippen LogP contribution in [0.15, 0.2) is 80.7 Å². The van der Waals surface area contributed by atoms with E-state index < -0.39 is 0 Å². The third-order valence-electron chi connectivity index (χ3n) is 4.76.